The summed E-state index contributed by atoms with van der Waals surface area (Å²) in [6, 6.07) is 6.22. The second-order valence-electron chi connectivity index (χ2n) is 4.81. The number of aliphatic hydroxyl groups is 1. The van der Waals surface area contributed by atoms with Gasteiger partial charge in [-0.3, -0.25) is 14.8 Å². The first-order chi connectivity index (χ1) is 11.0. The van der Waals surface area contributed by atoms with E-state index in [4.69, 9.17) is 16.7 Å². The predicted octanol–water partition coefficient (Wildman–Crippen LogP) is 1.08. The topological polar surface area (TPSA) is 108 Å². The predicted molar refractivity (Wildman–Crippen MR) is 88.1 cm³/mol. The maximum absolute atomic E-state index is 12.0. The van der Waals surface area contributed by atoms with Crippen LogP contribution < -0.4 is 11.2 Å². The lowest BCUT2D eigenvalue weighted by Crippen LogP contribution is -2.32. The lowest BCUT2D eigenvalue weighted by Gasteiger charge is -2.11. The van der Waals surface area contributed by atoms with Crippen molar-refractivity contribution in [2.24, 2.45) is 4.99 Å². The number of halogens is 1. The van der Waals surface area contributed by atoms with Gasteiger partial charge in [-0.25, -0.2) is 9.36 Å². The highest BCUT2D eigenvalue weighted by Crippen LogP contribution is 2.19. The van der Waals surface area contributed by atoms with Crippen LogP contribution >= 0.6 is 11.6 Å². The first-order valence-corrected chi connectivity index (χ1v) is 7.30. The first kappa shape index (κ1) is 17.0. The van der Waals surface area contributed by atoms with Crippen molar-refractivity contribution in [3.63, 3.8) is 0 Å². The number of H-pyrrole nitrogens is 1. The van der Waals surface area contributed by atoms with Gasteiger partial charge >= 0.3 is 5.69 Å². The van der Waals surface area contributed by atoms with Crippen molar-refractivity contribution >= 4 is 17.3 Å². The van der Waals surface area contributed by atoms with E-state index in [9.17, 15) is 14.7 Å². The number of rotatable bonds is 5. The molecule has 0 saturated carbocycles. The number of benzene rings is 1. The zero-order valence-electron chi connectivity index (χ0n) is 12.4. The zero-order valence-corrected chi connectivity index (χ0v) is 13.2. The van der Waals surface area contributed by atoms with Crippen LogP contribution in [0, 0.1) is 0 Å². The Bertz CT molecular complexity index is 837. The van der Waals surface area contributed by atoms with Crippen LogP contribution in [0.2, 0.25) is 5.02 Å². The van der Waals surface area contributed by atoms with Crippen molar-refractivity contribution in [1.82, 2.24) is 9.55 Å². The van der Waals surface area contributed by atoms with Crippen LogP contribution in [0.4, 0.5) is 0 Å². The van der Waals surface area contributed by atoms with Crippen molar-refractivity contribution in [2.75, 3.05) is 13.2 Å². The fourth-order valence-corrected chi connectivity index (χ4v) is 2.20. The van der Waals surface area contributed by atoms with Gasteiger partial charge in [0.15, 0.2) is 0 Å². The summed E-state index contributed by atoms with van der Waals surface area (Å²) in [6.45, 7) is 1.84. The number of hydrogen-bond donors (Lipinski definition) is 3. The third-order valence-corrected chi connectivity index (χ3v) is 3.45. The molecule has 0 bridgehead atoms. The maximum atomic E-state index is 12.0. The second kappa shape index (κ2) is 7.26. The molecule has 23 heavy (non-hydrogen) atoms. The molecule has 0 aliphatic rings. The normalized spacial score (nSPS) is 11.7. The van der Waals surface area contributed by atoms with E-state index in [1.807, 2.05) is 0 Å². The van der Waals surface area contributed by atoms with Gasteiger partial charge in [-0.15, -0.1) is 0 Å². The molecule has 3 N–H and O–H groups in total. The van der Waals surface area contributed by atoms with E-state index in [0.29, 0.717) is 23.7 Å². The summed E-state index contributed by atoms with van der Waals surface area (Å²) in [6.07, 6.45) is 0.437. The number of aromatic hydroxyl groups is 1. The highest BCUT2D eigenvalue weighted by Gasteiger charge is 2.17. The quantitative estimate of drug-likeness (QED) is 0.560. The van der Waals surface area contributed by atoms with Crippen LogP contribution in [0.15, 0.2) is 38.8 Å². The van der Waals surface area contributed by atoms with E-state index in [0.717, 1.165) is 4.57 Å². The Morgan fingerprint density at radius 1 is 1.30 bits per heavy atom. The van der Waals surface area contributed by atoms with Gasteiger partial charge in [0.05, 0.1) is 5.69 Å². The Kier molecular flexibility index (Phi) is 5.36. The lowest BCUT2D eigenvalue weighted by atomic mass is 10.2. The molecule has 7 nitrogen and oxygen atoms in total. The Labute approximate surface area is 136 Å². The third-order valence-electron chi connectivity index (χ3n) is 3.20. The minimum absolute atomic E-state index is 0.0244. The van der Waals surface area contributed by atoms with Crippen molar-refractivity contribution in [3.05, 3.63) is 55.7 Å². The number of aliphatic hydroxyl groups excluding tert-OH is 1. The van der Waals surface area contributed by atoms with Gasteiger partial charge in [-0.1, -0.05) is 11.6 Å². The number of aliphatic imine (C=N–C) groups is 1. The minimum Gasteiger partial charge on any atom is -0.493 e. The van der Waals surface area contributed by atoms with E-state index in [1.54, 1.807) is 31.2 Å². The molecule has 0 radical (unpaired) electrons. The largest absolute Gasteiger partial charge is 0.493 e. The second-order valence-corrected chi connectivity index (χ2v) is 5.25. The lowest BCUT2D eigenvalue weighted by molar-refractivity contribution is 0.291. The minimum atomic E-state index is -0.762. The standard InChI is InChI=1S/C15H16ClN3O4/c1-9(17-7-2-8-20)12-13(21)18-15(23)19(14(12)22)11-5-3-10(16)4-6-11/h3-6,20,22H,2,7-8H2,1H3,(H,18,21,23). The summed E-state index contributed by atoms with van der Waals surface area (Å²) in [4.78, 5) is 30.3. The molecule has 2 aromatic rings. The summed E-state index contributed by atoms with van der Waals surface area (Å²) in [5.74, 6) is -0.494. The molecule has 1 aromatic carbocycles. The average molecular weight is 338 g/mol. The van der Waals surface area contributed by atoms with E-state index >= 15 is 0 Å². The number of aromatic nitrogens is 2. The van der Waals surface area contributed by atoms with Gasteiger partial charge in [-0.05, 0) is 37.6 Å². The molecule has 1 aromatic heterocycles. The molecule has 0 fully saturated rings. The molecular weight excluding hydrogens is 322 g/mol. The molecular formula is C15H16ClN3O4. The fourth-order valence-electron chi connectivity index (χ4n) is 2.08. The highest BCUT2D eigenvalue weighted by atomic mass is 35.5. The SMILES string of the molecule is CC(=NCCCO)c1c(O)n(-c2ccc(Cl)cc2)c(=O)[nH]c1=O. The number of hydrogen-bond acceptors (Lipinski definition) is 5. The van der Waals surface area contributed by atoms with Crippen LogP contribution in [0.25, 0.3) is 5.69 Å². The molecule has 0 unspecified atom stereocenters. The fraction of sp³-hybridized carbons (Fsp3) is 0.267. The van der Waals surface area contributed by atoms with Crippen LogP contribution in [0.3, 0.4) is 0 Å². The number of nitrogens with one attached hydrogen (secondary N) is 1. The molecule has 0 aliphatic carbocycles. The van der Waals surface area contributed by atoms with E-state index < -0.39 is 17.1 Å². The van der Waals surface area contributed by atoms with E-state index in [2.05, 4.69) is 9.98 Å². The summed E-state index contributed by atoms with van der Waals surface area (Å²) in [5, 5.41) is 19.6. The van der Waals surface area contributed by atoms with Crippen LogP contribution in [0.1, 0.15) is 18.9 Å². The van der Waals surface area contributed by atoms with E-state index in [1.165, 1.54) is 0 Å². The van der Waals surface area contributed by atoms with Crippen molar-refractivity contribution in [1.29, 1.82) is 0 Å². The zero-order chi connectivity index (χ0) is 17.0. The Balaban J connectivity index is 2.60. The summed E-state index contributed by atoms with van der Waals surface area (Å²) >= 11 is 5.81. The van der Waals surface area contributed by atoms with Gasteiger partial charge in [0, 0.05) is 23.9 Å². The van der Waals surface area contributed by atoms with Crippen LogP contribution in [0.5, 0.6) is 5.88 Å². The molecule has 0 spiro atoms. The first-order valence-electron chi connectivity index (χ1n) is 6.92. The molecule has 8 heteroatoms. The Morgan fingerprint density at radius 3 is 2.57 bits per heavy atom. The smallest absolute Gasteiger partial charge is 0.335 e. The monoisotopic (exact) mass is 337 g/mol. The molecule has 0 atom stereocenters. The molecule has 0 aliphatic heterocycles. The molecule has 2 rings (SSSR count). The van der Waals surface area contributed by atoms with Crippen molar-refractivity contribution < 1.29 is 10.2 Å². The van der Waals surface area contributed by atoms with Crippen LogP contribution in [-0.2, 0) is 0 Å². The van der Waals surface area contributed by atoms with E-state index in [-0.39, 0.29) is 17.9 Å². The van der Waals surface area contributed by atoms with Crippen LogP contribution in [-0.4, -0.2) is 38.6 Å². The number of aromatic amines is 1. The third kappa shape index (κ3) is 3.69. The summed E-state index contributed by atoms with van der Waals surface area (Å²) in [5.41, 5.74) is -0.931. The Hall–Kier alpha value is -2.38. The highest BCUT2D eigenvalue weighted by molar-refractivity contribution is 6.30. The summed E-state index contributed by atoms with van der Waals surface area (Å²) < 4.78 is 0.970. The van der Waals surface area contributed by atoms with Gasteiger partial charge < -0.3 is 10.2 Å². The average Bonchev–Trinajstić information content (AvgIpc) is 2.49. The molecule has 0 amide bonds. The molecule has 122 valence electrons. The van der Waals surface area contributed by atoms with Gasteiger partial charge in [-0.2, -0.15) is 0 Å². The van der Waals surface area contributed by atoms with Crippen molar-refractivity contribution in [3.8, 4) is 11.6 Å². The summed E-state index contributed by atoms with van der Waals surface area (Å²) in [7, 11) is 0. The maximum Gasteiger partial charge on any atom is 0.335 e. The van der Waals surface area contributed by atoms with Crippen molar-refractivity contribution in [2.45, 2.75) is 13.3 Å². The Morgan fingerprint density at radius 2 is 1.96 bits per heavy atom. The molecule has 1 heterocycles. The van der Waals surface area contributed by atoms with Gasteiger partial charge in [0.25, 0.3) is 5.56 Å². The van der Waals surface area contributed by atoms with Gasteiger partial charge in [0.1, 0.15) is 5.56 Å². The molecule has 0 saturated heterocycles. The number of nitrogens with zero attached hydrogens (tertiary/aromatic N) is 2. The van der Waals surface area contributed by atoms with Gasteiger partial charge in [0.2, 0.25) is 5.88 Å².